The summed E-state index contributed by atoms with van der Waals surface area (Å²) in [6, 6.07) is 4.64. The molecule has 0 spiro atoms. The molecule has 0 fully saturated rings. The number of hydrogen-bond acceptors (Lipinski definition) is 3. The van der Waals surface area contributed by atoms with Crippen molar-refractivity contribution < 1.29 is 14.6 Å². The van der Waals surface area contributed by atoms with Gasteiger partial charge < -0.3 is 9.84 Å². The Bertz CT molecular complexity index is 398. The Morgan fingerprint density at radius 3 is 2.71 bits per heavy atom. The van der Waals surface area contributed by atoms with Gasteiger partial charge in [-0.15, -0.1) is 0 Å². The van der Waals surface area contributed by atoms with E-state index in [1.165, 1.54) is 0 Å². The van der Waals surface area contributed by atoms with E-state index in [4.69, 9.17) is 9.84 Å². The summed E-state index contributed by atoms with van der Waals surface area (Å²) < 4.78 is 6.60. The molecule has 17 heavy (non-hydrogen) atoms. The van der Waals surface area contributed by atoms with Crippen LogP contribution in [0.1, 0.15) is 11.6 Å². The predicted octanol–water partition coefficient (Wildman–Crippen LogP) is 2.57. The maximum atomic E-state index is 11.2. The molecular weight excluding hydrogens is 354 g/mol. The molecule has 6 heteroatoms. The average Bonchev–Trinajstić information content (AvgIpc) is 2.28. The minimum Gasteiger partial charge on any atom is -0.480 e. The van der Waals surface area contributed by atoms with Gasteiger partial charge in [0, 0.05) is 22.6 Å². The SMILES string of the molecule is COCCNC(C(=O)O)c1ccc(Br)c(Br)c1. The number of aliphatic carboxylic acids is 1. The number of rotatable bonds is 6. The maximum Gasteiger partial charge on any atom is 0.325 e. The van der Waals surface area contributed by atoms with Crippen LogP contribution in [0.5, 0.6) is 0 Å². The summed E-state index contributed by atoms with van der Waals surface area (Å²) in [6.45, 7) is 0.961. The Labute approximate surface area is 117 Å². The Kier molecular flexibility index (Phi) is 6.11. The number of halogens is 2. The van der Waals surface area contributed by atoms with Crippen molar-refractivity contribution in [3.63, 3.8) is 0 Å². The molecule has 0 aromatic heterocycles. The smallest absolute Gasteiger partial charge is 0.325 e. The third-order valence-corrected chi connectivity index (χ3v) is 4.06. The molecule has 0 amide bonds. The highest BCUT2D eigenvalue weighted by atomic mass is 79.9. The van der Waals surface area contributed by atoms with Crippen LogP contribution in [0, 0.1) is 0 Å². The van der Waals surface area contributed by atoms with E-state index in [-0.39, 0.29) is 0 Å². The molecule has 0 heterocycles. The van der Waals surface area contributed by atoms with Crippen molar-refractivity contribution in [3.05, 3.63) is 32.7 Å². The molecular formula is C11H13Br2NO3. The van der Waals surface area contributed by atoms with Crippen molar-refractivity contribution >= 4 is 37.8 Å². The number of ether oxygens (including phenoxy) is 1. The summed E-state index contributed by atoms with van der Waals surface area (Å²) in [6.07, 6.45) is 0. The van der Waals surface area contributed by atoms with Crippen molar-refractivity contribution in [2.75, 3.05) is 20.3 Å². The zero-order chi connectivity index (χ0) is 12.8. The second-order valence-corrected chi connectivity index (χ2v) is 5.10. The number of methoxy groups -OCH3 is 1. The normalized spacial score (nSPS) is 12.4. The van der Waals surface area contributed by atoms with Gasteiger partial charge in [0.25, 0.3) is 0 Å². The summed E-state index contributed by atoms with van der Waals surface area (Å²) in [5.74, 6) is -0.907. The lowest BCUT2D eigenvalue weighted by molar-refractivity contribution is -0.139. The molecule has 0 radical (unpaired) electrons. The largest absolute Gasteiger partial charge is 0.480 e. The predicted molar refractivity (Wildman–Crippen MR) is 72.1 cm³/mol. The molecule has 0 aliphatic carbocycles. The van der Waals surface area contributed by atoms with Gasteiger partial charge in [0.15, 0.2) is 0 Å². The second kappa shape index (κ2) is 7.10. The molecule has 1 aromatic carbocycles. The van der Waals surface area contributed by atoms with Crippen LogP contribution in [0.3, 0.4) is 0 Å². The summed E-state index contributed by atoms with van der Waals surface area (Å²) in [5.41, 5.74) is 0.698. The third kappa shape index (κ3) is 4.39. The molecule has 0 aliphatic heterocycles. The van der Waals surface area contributed by atoms with Crippen LogP contribution in [-0.2, 0) is 9.53 Å². The van der Waals surface area contributed by atoms with Crippen molar-refractivity contribution in [1.82, 2.24) is 5.32 Å². The van der Waals surface area contributed by atoms with E-state index in [0.717, 1.165) is 8.95 Å². The highest BCUT2D eigenvalue weighted by molar-refractivity contribution is 9.13. The van der Waals surface area contributed by atoms with Crippen molar-refractivity contribution in [2.45, 2.75) is 6.04 Å². The van der Waals surface area contributed by atoms with Crippen LogP contribution < -0.4 is 5.32 Å². The summed E-state index contributed by atoms with van der Waals surface area (Å²) in [7, 11) is 1.58. The minimum atomic E-state index is -0.907. The fourth-order valence-corrected chi connectivity index (χ4v) is 1.99. The highest BCUT2D eigenvalue weighted by Crippen LogP contribution is 2.26. The Morgan fingerprint density at radius 2 is 2.18 bits per heavy atom. The molecule has 94 valence electrons. The number of carboxylic acid groups (broad SMARTS) is 1. The monoisotopic (exact) mass is 365 g/mol. The van der Waals surface area contributed by atoms with Crippen LogP contribution in [0.4, 0.5) is 0 Å². The molecule has 0 bridgehead atoms. The number of hydrogen-bond donors (Lipinski definition) is 2. The van der Waals surface area contributed by atoms with Gasteiger partial charge >= 0.3 is 5.97 Å². The van der Waals surface area contributed by atoms with Gasteiger partial charge in [0.1, 0.15) is 6.04 Å². The summed E-state index contributed by atoms with van der Waals surface area (Å²) in [5, 5.41) is 12.1. The van der Waals surface area contributed by atoms with Gasteiger partial charge in [-0.2, -0.15) is 0 Å². The van der Waals surface area contributed by atoms with Crippen LogP contribution >= 0.6 is 31.9 Å². The molecule has 1 rings (SSSR count). The van der Waals surface area contributed by atoms with Crippen LogP contribution in [0.2, 0.25) is 0 Å². The van der Waals surface area contributed by atoms with Gasteiger partial charge in [-0.05, 0) is 49.6 Å². The first-order valence-electron chi connectivity index (χ1n) is 4.96. The van der Waals surface area contributed by atoms with E-state index in [1.807, 2.05) is 6.07 Å². The number of benzene rings is 1. The van der Waals surface area contributed by atoms with Crippen molar-refractivity contribution in [1.29, 1.82) is 0 Å². The Morgan fingerprint density at radius 1 is 1.47 bits per heavy atom. The molecule has 0 saturated heterocycles. The average molecular weight is 367 g/mol. The van der Waals surface area contributed by atoms with Crippen molar-refractivity contribution in [2.24, 2.45) is 0 Å². The first-order chi connectivity index (χ1) is 8.06. The lowest BCUT2D eigenvalue weighted by Crippen LogP contribution is -2.31. The quantitative estimate of drug-likeness (QED) is 0.759. The number of carboxylic acids is 1. The van der Waals surface area contributed by atoms with Crippen molar-refractivity contribution in [3.8, 4) is 0 Å². The lowest BCUT2D eigenvalue weighted by Gasteiger charge is -2.15. The van der Waals surface area contributed by atoms with Crippen LogP contribution in [-0.4, -0.2) is 31.3 Å². The first kappa shape index (κ1) is 14.6. The third-order valence-electron chi connectivity index (χ3n) is 2.18. The van der Waals surface area contributed by atoms with Gasteiger partial charge in [-0.1, -0.05) is 6.07 Å². The summed E-state index contributed by atoms with van der Waals surface area (Å²) in [4.78, 5) is 11.2. The van der Waals surface area contributed by atoms with E-state index in [2.05, 4.69) is 37.2 Å². The van der Waals surface area contributed by atoms with Gasteiger partial charge in [-0.25, -0.2) is 0 Å². The van der Waals surface area contributed by atoms with Crippen LogP contribution in [0.15, 0.2) is 27.1 Å². The molecule has 0 saturated carbocycles. The molecule has 0 aliphatic rings. The summed E-state index contributed by atoms with van der Waals surface area (Å²) >= 11 is 6.70. The number of carbonyl (C=O) groups is 1. The number of nitrogens with one attached hydrogen (secondary N) is 1. The Hall–Kier alpha value is -0.430. The zero-order valence-corrected chi connectivity index (χ0v) is 12.4. The minimum absolute atomic E-state index is 0.474. The fraction of sp³-hybridized carbons (Fsp3) is 0.364. The second-order valence-electron chi connectivity index (χ2n) is 3.39. The first-order valence-corrected chi connectivity index (χ1v) is 6.55. The van der Waals surface area contributed by atoms with Gasteiger partial charge in [0.2, 0.25) is 0 Å². The Balaban J connectivity index is 2.82. The molecule has 4 nitrogen and oxygen atoms in total. The van der Waals surface area contributed by atoms with E-state index in [9.17, 15) is 4.79 Å². The fourth-order valence-electron chi connectivity index (χ4n) is 1.35. The van der Waals surface area contributed by atoms with E-state index in [0.29, 0.717) is 18.7 Å². The van der Waals surface area contributed by atoms with Gasteiger partial charge in [-0.3, -0.25) is 10.1 Å². The zero-order valence-electron chi connectivity index (χ0n) is 9.24. The molecule has 1 aromatic rings. The molecule has 1 atom stereocenters. The van der Waals surface area contributed by atoms with Crippen LogP contribution in [0.25, 0.3) is 0 Å². The van der Waals surface area contributed by atoms with E-state index < -0.39 is 12.0 Å². The highest BCUT2D eigenvalue weighted by Gasteiger charge is 2.19. The van der Waals surface area contributed by atoms with E-state index in [1.54, 1.807) is 19.2 Å². The molecule has 1 unspecified atom stereocenters. The topological polar surface area (TPSA) is 58.6 Å². The van der Waals surface area contributed by atoms with E-state index >= 15 is 0 Å². The standard InChI is InChI=1S/C11H13Br2NO3/c1-17-5-4-14-10(11(15)16)7-2-3-8(12)9(13)6-7/h2-3,6,10,14H,4-5H2,1H3,(H,15,16). The maximum absolute atomic E-state index is 11.2. The van der Waals surface area contributed by atoms with Gasteiger partial charge in [0.05, 0.1) is 6.61 Å². The molecule has 2 N–H and O–H groups in total. The lowest BCUT2D eigenvalue weighted by atomic mass is 10.1.